The van der Waals surface area contributed by atoms with E-state index < -0.39 is 0 Å². The van der Waals surface area contributed by atoms with E-state index in [-0.39, 0.29) is 12.1 Å². The molecule has 0 spiro atoms. The molecule has 0 bridgehead atoms. The Morgan fingerprint density at radius 1 is 1.47 bits per heavy atom. The van der Waals surface area contributed by atoms with Crippen LogP contribution >= 0.6 is 11.5 Å². The predicted octanol–water partition coefficient (Wildman–Crippen LogP) is 2.34. The van der Waals surface area contributed by atoms with Crippen molar-refractivity contribution in [2.75, 3.05) is 25.1 Å². The summed E-state index contributed by atoms with van der Waals surface area (Å²) in [6.45, 7) is 8.67. The van der Waals surface area contributed by atoms with Crippen molar-refractivity contribution in [1.29, 1.82) is 0 Å². The second-order valence-corrected chi connectivity index (χ2v) is 6.23. The van der Waals surface area contributed by atoms with Gasteiger partial charge in [0.25, 0.3) is 0 Å². The molecule has 0 aliphatic carbocycles. The first-order chi connectivity index (χ1) is 9.13. The molecule has 0 amide bonds. The van der Waals surface area contributed by atoms with Crippen LogP contribution in [-0.2, 0) is 15.9 Å². The largest absolute Gasteiger partial charge is 0.379 e. The van der Waals surface area contributed by atoms with E-state index in [4.69, 9.17) is 9.47 Å². The highest BCUT2D eigenvalue weighted by molar-refractivity contribution is 7.09. The van der Waals surface area contributed by atoms with Gasteiger partial charge in [0.05, 0.1) is 19.3 Å². The molecule has 5 nitrogen and oxygen atoms in total. The lowest BCUT2D eigenvalue weighted by Gasteiger charge is -2.15. The zero-order valence-corrected chi connectivity index (χ0v) is 12.7. The Hall–Kier alpha value is -0.720. The third-order valence-corrected chi connectivity index (χ3v) is 3.58. The molecule has 0 aromatic carbocycles. The average Bonchev–Trinajstić information content (AvgIpc) is 2.97. The van der Waals surface area contributed by atoms with E-state index in [9.17, 15) is 0 Å². The van der Waals surface area contributed by atoms with Crippen molar-refractivity contribution < 1.29 is 9.47 Å². The fourth-order valence-electron chi connectivity index (χ4n) is 1.94. The summed E-state index contributed by atoms with van der Waals surface area (Å²) in [7, 11) is 0. The zero-order valence-electron chi connectivity index (χ0n) is 11.9. The molecule has 19 heavy (non-hydrogen) atoms. The van der Waals surface area contributed by atoms with E-state index in [0.29, 0.717) is 12.5 Å². The topological polar surface area (TPSA) is 56.3 Å². The van der Waals surface area contributed by atoms with Crippen molar-refractivity contribution in [2.45, 2.75) is 45.8 Å². The molecule has 2 unspecified atom stereocenters. The van der Waals surface area contributed by atoms with Crippen LogP contribution in [-0.4, -0.2) is 41.3 Å². The molecule has 6 heteroatoms. The Labute approximate surface area is 118 Å². The third-order valence-electron chi connectivity index (χ3n) is 2.90. The predicted molar refractivity (Wildman–Crippen MR) is 76.7 cm³/mol. The van der Waals surface area contributed by atoms with Crippen LogP contribution in [0.15, 0.2) is 0 Å². The van der Waals surface area contributed by atoms with Crippen LogP contribution in [0.4, 0.5) is 5.13 Å². The second-order valence-electron chi connectivity index (χ2n) is 5.48. The Balaban J connectivity index is 1.71. The zero-order chi connectivity index (χ0) is 13.7. The van der Waals surface area contributed by atoms with Gasteiger partial charge in [-0.15, -0.1) is 0 Å². The van der Waals surface area contributed by atoms with Crippen LogP contribution in [0, 0.1) is 5.92 Å². The summed E-state index contributed by atoms with van der Waals surface area (Å²) in [5.74, 6) is 1.52. The van der Waals surface area contributed by atoms with Crippen LogP contribution in [0.1, 0.15) is 33.0 Å². The first-order valence-corrected chi connectivity index (χ1v) is 7.69. The molecule has 108 valence electrons. The Kier molecular flexibility index (Phi) is 5.54. The van der Waals surface area contributed by atoms with E-state index in [1.54, 1.807) is 0 Å². The highest BCUT2D eigenvalue weighted by Gasteiger charge is 2.17. The van der Waals surface area contributed by atoms with Crippen molar-refractivity contribution in [3.05, 3.63) is 5.82 Å². The van der Waals surface area contributed by atoms with E-state index in [2.05, 4.69) is 35.4 Å². The lowest BCUT2D eigenvalue weighted by Crippen LogP contribution is -2.25. The van der Waals surface area contributed by atoms with Crippen LogP contribution in [0.2, 0.25) is 0 Å². The molecule has 2 heterocycles. The first-order valence-electron chi connectivity index (χ1n) is 6.92. The lowest BCUT2D eigenvalue weighted by atomic mass is 10.1. The fourth-order valence-corrected chi connectivity index (χ4v) is 2.65. The van der Waals surface area contributed by atoms with Crippen molar-refractivity contribution in [2.24, 2.45) is 5.92 Å². The standard InChI is InChI=1S/C13H23N3O2S/c1-9(2)6-12-15-13(19-16-12)14-10(3)7-18-11-4-5-17-8-11/h9-11H,4-8H2,1-3H3,(H,14,15,16). The minimum absolute atomic E-state index is 0.237. The molecule has 0 saturated carbocycles. The molecular formula is C13H23N3O2S. The highest BCUT2D eigenvalue weighted by atomic mass is 32.1. The molecule has 1 aliphatic heterocycles. The van der Waals surface area contributed by atoms with Gasteiger partial charge in [0.15, 0.2) is 0 Å². The number of hydrogen-bond acceptors (Lipinski definition) is 6. The number of anilines is 1. The van der Waals surface area contributed by atoms with Crippen molar-refractivity contribution in [3.63, 3.8) is 0 Å². The number of aromatic nitrogens is 2. The minimum Gasteiger partial charge on any atom is -0.379 e. The van der Waals surface area contributed by atoms with E-state index in [0.717, 1.165) is 37.0 Å². The summed E-state index contributed by atoms with van der Waals surface area (Å²) < 4.78 is 15.4. The molecular weight excluding hydrogens is 262 g/mol. The molecule has 0 radical (unpaired) electrons. The summed E-state index contributed by atoms with van der Waals surface area (Å²) >= 11 is 1.43. The maximum absolute atomic E-state index is 5.78. The van der Waals surface area contributed by atoms with Gasteiger partial charge in [-0.1, -0.05) is 13.8 Å². The molecule has 1 aliphatic rings. The maximum atomic E-state index is 5.78. The van der Waals surface area contributed by atoms with Gasteiger partial charge >= 0.3 is 0 Å². The van der Waals surface area contributed by atoms with Gasteiger partial charge in [0.1, 0.15) is 5.82 Å². The molecule has 1 aromatic rings. The molecule has 1 aromatic heterocycles. The van der Waals surface area contributed by atoms with Crippen molar-refractivity contribution >= 4 is 16.7 Å². The van der Waals surface area contributed by atoms with Gasteiger partial charge in [-0.25, -0.2) is 4.98 Å². The van der Waals surface area contributed by atoms with Gasteiger partial charge in [-0.2, -0.15) is 4.37 Å². The summed E-state index contributed by atoms with van der Waals surface area (Å²) in [6.07, 6.45) is 2.20. The monoisotopic (exact) mass is 285 g/mol. The highest BCUT2D eigenvalue weighted by Crippen LogP contribution is 2.15. The van der Waals surface area contributed by atoms with E-state index in [1.165, 1.54) is 11.5 Å². The number of ether oxygens (including phenoxy) is 2. The maximum Gasteiger partial charge on any atom is 0.202 e. The number of rotatable bonds is 7. The second kappa shape index (κ2) is 7.17. The molecule has 2 rings (SSSR count). The van der Waals surface area contributed by atoms with Crippen molar-refractivity contribution in [3.8, 4) is 0 Å². The first kappa shape index (κ1) is 14.7. The van der Waals surface area contributed by atoms with Gasteiger partial charge in [0.2, 0.25) is 5.13 Å². The molecule has 2 atom stereocenters. The number of nitrogens with zero attached hydrogens (tertiary/aromatic N) is 2. The normalized spacial score (nSPS) is 20.9. The van der Waals surface area contributed by atoms with Gasteiger partial charge in [0, 0.05) is 30.6 Å². The minimum atomic E-state index is 0.237. The van der Waals surface area contributed by atoms with Gasteiger partial charge in [-0.3, -0.25) is 0 Å². The quantitative estimate of drug-likeness (QED) is 0.833. The van der Waals surface area contributed by atoms with Crippen molar-refractivity contribution in [1.82, 2.24) is 9.36 Å². The molecule has 1 N–H and O–H groups in total. The molecule has 1 saturated heterocycles. The third kappa shape index (κ3) is 5.04. The van der Waals surface area contributed by atoms with Crippen LogP contribution in [0.25, 0.3) is 0 Å². The summed E-state index contributed by atoms with van der Waals surface area (Å²) in [5, 5.41) is 4.22. The van der Waals surface area contributed by atoms with Gasteiger partial charge < -0.3 is 14.8 Å². The smallest absolute Gasteiger partial charge is 0.202 e. The SMILES string of the molecule is CC(C)Cc1nsc(NC(C)COC2CCOC2)n1. The number of nitrogens with one attached hydrogen (secondary N) is 1. The lowest BCUT2D eigenvalue weighted by molar-refractivity contribution is 0.0395. The van der Waals surface area contributed by atoms with Crippen LogP contribution < -0.4 is 5.32 Å². The fraction of sp³-hybridized carbons (Fsp3) is 0.846. The summed E-state index contributed by atoms with van der Waals surface area (Å²) in [5.41, 5.74) is 0. The van der Waals surface area contributed by atoms with Gasteiger partial charge in [-0.05, 0) is 19.3 Å². The van der Waals surface area contributed by atoms with E-state index >= 15 is 0 Å². The Morgan fingerprint density at radius 2 is 2.32 bits per heavy atom. The van der Waals surface area contributed by atoms with E-state index in [1.807, 2.05) is 0 Å². The average molecular weight is 285 g/mol. The Morgan fingerprint density at radius 3 is 3.00 bits per heavy atom. The molecule has 1 fully saturated rings. The summed E-state index contributed by atoms with van der Waals surface area (Å²) in [4.78, 5) is 4.49. The summed E-state index contributed by atoms with van der Waals surface area (Å²) in [6, 6.07) is 0.237. The number of hydrogen-bond donors (Lipinski definition) is 1. The van der Waals surface area contributed by atoms with Crippen LogP contribution in [0.5, 0.6) is 0 Å². The Bertz CT molecular complexity index is 378. The van der Waals surface area contributed by atoms with Crippen LogP contribution in [0.3, 0.4) is 0 Å².